The van der Waals surface area contributed by atoms with Gasteiger partial charge in [0.1, 0.15) is 5.65 Å². The standard InChI is InChI=1S/C10H16N6/c1-3-5-12-10-13-8(15-11)7-4-6-16(2)9(7)14-10/h4,6H,3,5,11H2,1-2H3,(H2,12,13,14,15). The van der Waals surface area contributed by atoms with Crippen LogP contribution in [-0.2, 0) is 7.05 Å². The molecule has 16 heavy (non-hydrogen) atoms. The van der Waals surface area contributed by atoms with Gasteiger partial charge in [-0.3, -0.25) is 0 Å². The van der Waals surface area contributed by atoms with Gasteiger partial charge < -0.3 is 15.3 Å². The van der Waals surface area contributed by atoms with Crippen LogP contribution >= 0.6 is 0 Å². The van der Waals surface area contributed by atoms with Crippen molar-refractivity contribution in [2.45, 2.75) is 13.3 Å². The molecule has 0 atom stereocenters. The summed E-state index contributed by atoms with van der Waals surface area (Å²) in [5.74, 6) is 6.69. The number of nitrogens with one attached hydrogen (secondary N) is 2. The highest BCUT2D eigenvalue weighted by Gasteiger charge is 2.08. The summed E-state index contributed by atoms with van der Waals surface area (Å²) in [6.45, 7) is 2.94. The Hall–Kier alpha value is -1.82. The Morgan fingerprint density at radius 3 is 2.94 bits per heavy atom. The quantitative estimate of drug-likeness (QED) is 0.530. The molecule has 2 aromatic rings. The predicted octanol–water partition coefficient (Wildman–Crippen LogP) is 1.08. The molecule has 2 heterocycles. The number of nitrogens with zero attached hydrogens (tertiary/aromatic N) is 3. The highest BCUT2D eigenvalue weighted by molar-refractivity contribution is 5.88. The number of hydrazine groups is 1. The lowest BCUT2D eigenvalue weighted by molar-refractivity contribution is 0.927. The number of anilines is 2. The number of aromatic nitrogens is 3. The number of fused-ring (bicyclic) bond motifs is 1. The fraction of sp³-hybridized carbons (Fsp3) is 0.400. The molecule has 0 bridgehead atoms. The van der Waals surface area contributed by atoms with Crippen molar-refractivity contribution in [3.8, 4) is 0 Å². The second-order valence-corrected chi connectivity index (χ2v) is 3.63. The van der Waals surface area contributed by atoms with Crippen LogP contribution in [-0.4, -0.2) is 21.1 Å². The van der Waals surface area contributed by atoms with E-state index in [2.05, 4.69) is 27.6 Å². The van der Waals surface area contributed by atoms with E-state index >= 15 is 0 Å². The lowest BCUT2D eigenvalue weighted by atomic mass is 10.4. The van der Waals surface area contributed by atoms with E-state index in [1.807, 2.05) is 23.9 Å². The third-order valence-corrected chi connectivity index (χ3v) is 2.39. The summed E-state index contributed by atoms with van der Waals surface area (Å²) in [5.41, 5.74) is 3.46. The molecule has 2 rings (SSSR count). The zero-order valence-corrected chi connectivity index (χ0v) is 9.49. The Morgan fingerprint density at radius 1 is 1.44 bits per heavy atom. The zero-order valence-electron chi connectivity index (χ0n) is 9.49. The lowest BCUT2D eigenvalue weighted by Gasteiger charge is -2.07. The maximum absolute atomic E-state index is 5.45. The van der Waals surface area contributed by atoms with Crippen LogP contribution in [0.3, 0.4) is 0 Å². The van der Waals surface area contributed by atoms with Gasteiger partial charge in [-0.05, 0) is 12.5 Å². The van der Waals surface area contributed by atoms with Gasteiger partial charge >= 0.3 is 0 Å². The van der Waals surface area contributed by atoms with Crippen LogP contribution in [0.4, 0.5) is 11.8 Å². The zero-order chi connectivity index (χ0) is 11.5. The monoisotopic (exact) mass is 220 g/mol. The minimum atomic E-state index is 0.601. The summed E-state index contributed by atoms with van der Waals surface area (Å²) >= 11 is 0. The maximum atomic E-state index is 5.45. The predicted molar refractivity (Wildman–Crippen MR) is 65.1 cm³/mol. The van der Waals surface area contributed by atoms with Crippen molar-refractivity contribution >= 4 is 22.8 Å². The molecule has 6 nitrogen and oxygen atoms in total. The van der Waals surface area contributed by atoms with E-state index in [1.165, 1.54) is 0 Å². The molecule has 0 saturated heterocycles. The van der Waals surface area contributed by atoms with Gasteiger partial charge in [0.2, 0.25) is 5.95 Å². The molecule has 0 aromatic carbocycles. The van der Waals surface area contributed by atoms with Crippen LogP contribution in [0.25, 0.3) is 11.0 Å². The van der Waals surface area contributed by atoms with Crippen LogP contribution < -0.4 is 16.6 Å². The van der Waals surface area contributed by atoms with E-state index in [-0.39, 0.29) is 0 Å². The Labute approximate surface area is 93.8 Å². The van der Waals surface area contributed by atoms with Gasteiger partial charge in [-0.15, -0.1) is 0 Å². The highest BCUT2D eigenvalue weighted by Crippen LogP contribution is 2.21. The summed E-state index contributed by atoms with van der Waals surface area (Å²) in [6.07, 6.45) is 2.96. The number of hydrogen-bond acceptors (Lipinski definition) is 5. The summed E-state index contributed by atoms with van der Waals surface area (Å²) in [4.78, 5) is 8.72. The number of aryl methyl sites for hydroxylation is 1. The maximum Gasteiger partial charge on any atom is 0.226 e. The molecule has 0 unspecified atom stereocenters. The molecule has 0 aliphatic heterocycles. The number of nitrogens with two attached hydrogens (primary N) is 1. The van der Waals surface area contributed by atoms with Gasteiger partial charge in [-0.25, -0.2) is 5.84 Å². The lowest BCUT2D eigenvalue weighted by Crippen LogP contribution is -2.12. The topological polar surface area (TPSA) is 80.8 Å². The first-order valence-corrected chi connectivity index (χ1v) is 5.29. The summed E-state index contributed by atoms with van der Waals surface area (Å²) in [6, 6.07) is 1.94. The fourth-order valence-corrected chi connectivity index (χ4v) is 1.56. The Morgan fingerprint density at radius 2 is 2.25 bits per heavy atom. The second-order valence-electron chi connectivity index (χ2n) is 3.63. The third-order valence-electron chi connectivity index (χ3n) is 2.39. The Bertz CT molecular complexity index is 489. The molecule has 0 fully saturated rings. The van der Waals surface area contributed by atoms with E-state index in [9.17, 15) is 0 Å². The van der Waals surface area contributed by atoms with Gasteiger partial charge in [0.25, 0.3) is 0 Å². The van der Waals surface area contributed by atoms with Gasteiger partial charge in [0.05, 0.1) is 5.39 Å². The second kappa shape index (κ2) is 4.36. The van der Waals surface area contributed by atoms with Crippen LogP contribution in [0.15, 0.2) is 12.3 Å². The largest absolute Gasteiger partial charge is 0.354 e. The van der Waals surface area contributed by atoms with Gasteiger partial charge in [0.15, 0.2) is 5.82 Å². The summed E-state index contributed by atoms with van der Waals surface area (Å²) in [5, 5.41) is 4.07. The van der Waals surface area contributed by atoms with Crippen molar-refractivity contribution in [3.63, 3.8) is 0 Å². The average Bonchev–Trinajstić information content (AvgIpc) is 2.68. The molecule has 6 heteroatoms. The average molecular weight is 220 g/mol. The van der Waals surface area contributed by atoms with Crippen molar-refractivity contribution < 1.29 is 0 Å². The molecule has 2 aromatic heterocycles. The molecule has 4 N–H and O–H groups in total. The smallest absolute Gasteiger partial charge is 0.226 e. The molecule has 0 radical (unpaired) electrons. The first-order valence-electron chi connectivity index (χ1n) is 5.29. The van der Waals surface area contributed by atoms with Crippen molar-refractivity contribution in [1.29, 1.82) is 0 Å². The van der Waals surface area contributed by atoms with Crippen molar-refractivity contribution in [2.75, 3.05) is 17.3 Å². The van der Waals surface area contributed by atoms with E-state index < -0.39 is 0 Å². The van der Waals surface area contributed by atoms with Gasteiger partial charge in [0, 0.05) is 19.8 Å². The molecular formula is C10H16N6. The SMILES string of the molecule is CCCNc1nc(NN)c2ccn(C)c2n1. The normalized spacial score (nSPS) is 10.7. The van der Waals surface area contributed by atoms with Crippen LogP contribution in [0.2, 0.25) is 0 Å². The molecule has 0 spiro atoms. The first-order chi connectivity index (χ1) is 7.76. The van der Waals surface area contributed by atoms with Crippen molar-refractivity contribution in [1.82, 2.24) is 14.5 Å². The Balaban J connectivity index is 2.48. The number of hydrogen-bond donors (Lipinski definition) is 3. The van der Waals surface area contributed by atoms with E-state index in [0.717, 1.165) is 24.0 Å². The fourth-order valence-electron chi connectivity index (χ4n) is 1.56. The van der Waals surface area contributed by atoms with E-state index in [4.69, 9.17) is 5.84 Å². The minimum Gasteiger partial charge on any atom is -0.354 e. The summed E-state index contributed by atoms with van der Waals surface area (Å²) < 4.78 is 1.94. The van der Waals surface area contributed by atoms with E-state index in [1.54, 1.807) is 0 Å². The van der Waals surface area contributed by atoms with Crippen LogP contribution in [0, 0.1) is 0 Å². The van der Waals surface area contributed by atoms with Crippen molar-refractivity contribution in [3.05, 3.63) is 12.3 Å². The van der Waals surface area contributed by atoms with Gasteiger partial charge in [-0.1, -0.05) is 6.92 Å². The molecule has 0 saturated carbocycles. The number of nitrogen functional groups attached to an aromatic ring is 1. The van der Waals surface area contributed by atoms with Crippen molar-refractivity contribution in [2.24, 2.45) is 12.9 Å². The highest BCUT2D eigenvalue weighted by atomic mass is 15.3. The van der Waals surface area contributed by atoms with Crippen LogP contribution in [0.1, 0.15) is 13.3 Å². The van der Waals surface area contributed by atoms with E-state index in [0.29, 0.717) is 11.8 Å². The summed E-state index contributed by atoms with van der Waals surface area (Å²) in [7, 11) is 1.94. The molecule has 0 aliphatic rings. The molecule has 86 valence electrons. The third kappa shape index (κ3) is 1.79. The Kier molecular flexibility index (Phi) is 2.91. The van der Waals surface area contributed by atoms with Gasteiger partial charge in [-0.2, -0.15) is 9.97 Å². The molecular weight excluding hydrogens is 204 g/mol. The first kappa shape index (κ1) is 10.7. The number of rotatable bonds is 4. The minimum absolute atomic E-state index is 0.601. The molecule has 0 aliphatic carbocycles. The molecule has 0 amide bonds. The van der Waals surface area contributed by atoms with Crippen LogP contribution in [0.5, 0.6) is 0 Å².